The van der Waals surface area contributed by atoms with Crippen molar-refractivity contribution >= 4 is 10.0 Å². The molecule has 0 radical (unpaired) electrons. The Bertz CT molecular complexity index is 567. The molecule has 7 heteroatoms. The summed E-state index contributed by atoms with van der Waals surface area (Å²) in [5.74, 6) is 0.525. The van der Waals surface area contributed by atoms with Crippen LogP contribution in [0.2, 0.25) is 0 Å². The third kappa shape index (κ3) is 2.27. The third-order valence-corrected chi connectivity index (χ3v) is 6.60. The highest BCUT2D eigenvalue weighted by atomic mass is 32.2. The van der Waals surface area contributed by atoms with Gasteiger partial charge < -0.3 is 5.73 Å². The van der Waals surface area contributed by atoms with Gasteiger partial charge in [0.2, 0.25) is 0 Å². The number of hydrogen-bond acceptors (Lipinski definition) is 4. The largest absolute Gasteiger partial charge is 0.326 e. The van der Waals surface area contributed by atoms with E-state index in [9.17, 15) is 8.42 Å². The molecular weight excluding hydrogens is 276 g/mol. The van der Waals surface area contributed by atoms with Crippen molar-refractivity contribution in [2.24, 2.45) is 11.7 Å². The Morgan fingerprint density at radius 1 is 1.30 bits per heavy atom. The molecule has 6 nitrogen and oxygen atoms in total. The highest BCUT2D eigenvalue weighted by Gasteiger charge is 2.41. The van der Waals surface area contributed by atoms with E-state index in [1.807, 2.05) is 0 Å². The van der Waals surface area contributed by atoms with Crippen molar-refractivity contribution in [3.63, 3.8) is 0 Å². The Morgan fingerprint density at radius 2 is 2.05 bits per heavy atom. The van der Waals surface area contributed by atoms with Crippen molar-refractivity contribution in [2.45, 2.75) is 56.1 Å². The number of aromatic nitrogens is 2. The summed E-state index contributed by atoms with van der Waals surface area (Å²) in [7, 11) is -3.50. The van der Waals surface area contributed by atoms with Crippen LogP contribution in [0.5, 0.6) is 0 Å². The highest BCUT2D eigenvalue weighted by molar-refractivity contribution is 7.89. The molecule has 0 unspecified atom stereocenters. The average molecular weight is 298 g/mol. The van der Waals surface area contributed by atoms with Gasteiger partial charge in [0.25, 0.3) is 10.0 Å². The molecule has 1 aliphatic carbocycles. The maximum absolute atomic E-state index is 12.9. The zero-order valence-corrected chi connectivity index (χ0v) is 12.4. The first kappa shape index (κ1) is 14.0. The molecule has 2 aliphatic rings. The molecule has 1 saturated heterocycles. The van der Waals surface area contributed by atoms with Gasteiger partial charge >= 0.3 is 0 Å². The molecule has 0 aromatic carbocycles. The molecule has 2 fully saturated rings. The van der Waals surface area contributed by atoms with Crippen LogP contribution < -0.4 is 5.73 Å². The fraction of sp³-hybridized carbons (Fsp3) is 0.769. The van der Waals surface area contributed by atoms with Gasteiger partial charge in [-0.15, -0.1) is 0 Å². The predicted octanol–water partition coefficient (Wildman–Crippen LogP) is 1.21. The number of H-pyrrole nitrogens is 1. The minimum Gasteiger partial charge on any atom is -0.326 e. The number of piperidine rings is 1. The Labute approximate surface area is 119 Å². The number of nitrogens with two attached hydrogens (primary N) is 1. The molecule has 0 amide bonds. The molecule has 1 aromatic heterocycles. The van der Waals surface area contributed by atoms with Crippen LogP contribution >= 0.6 is 0 Å². The maximum atomic E-state index is 12.9. The zero-order chi connectivity index (χ0) is 14.2. The van der Waals surface area contributed by atoms with Crippen molar-refractivity contribution < 1.29 is 8.42 Å². The van der Waals surface area contributed by atoms with Crippen LogP contribution in [0.1, 0.15) is 44.1 Å². The molecule has 0 spiro atoms. The quantitative estimate of drug-likeness (QED) is 0.877. The smallest absolute Gasteiger partial charge is 0.260 e. The molecule has 3 rings (SSSR count). The summed E-state index contributed by atoms with van der Waals surface area (Å²) in [6, 6.07) is 0.163. The van der Waals surface area contributed by atoms with Gasteiger partial charge in [0, 0.05) is 24.7 Å². The molecule has 2 heterocycles. The molecule has 112 valence electrons. The van der Waals surface area contributed by atoms with Crippen LogP contribution in [0.4, 0.5) is 0 Å². The summed E-state index contributed by atoms with van der Waals surface area (Å²) in [5.41, 5.74) is 6.18. The Morgan fingerprint density at radius 3 is 2.85 bits per heavy atom. The zero-order valence-electron chi connectivity index (χ0n) is 11.6. The fourth-order valence-corrected chi connectivity index (χ4v) is 5.54. The Balaban J connectivity index is 1.93. The summed E-state index contributed by atoms with van der Waals surface area (Å²) >= 11 is 0. The van der Waals surface area contributed by atoms with Crippen molar-refractivity contribution in [3.8, 4) is 0 Å². The molecule has 1 aromatic rings. The van der Waals surface area contributed by atoms with E-state index in [0.29, 0.717) is 18.0 Å². The van der Waals surface area contributed by atoms with E-state index < -0.39 is 10.0 Å². The monoisotopic (exact) mass is 298 g/mol. The number of aromatic amines is 1. The summed E-state index contributed by atoms with van der Waals surface area (Å²) < 4.78 is 27.5. The highest BCUT2D eigenvalue weighted by Crippen LogP contribution is 2.38. The lowest BCUT2D eigenvalue weighted by molar-refractivity contribution is 0.128. The SMILES string of the molecule is NCc1cn[nH]c1S(=O)(=O)N1CCC[C@H]2CCCC[C@H]21. The van der Waals surface area contributed by atoms with E-state index in [1.165, 1.54) is 12.6 Å². The van der Waals surface area contributed by atoms with Crippen LogP contribution in [-0.4, -0.2) is 35.5 Å². The van der Waals surface area contributed by atoms with Crippen LogP contribution in [-0.2, 0) is 16.6 Å². The molecule has 1 saturated carbocycles. The number of hydrogen-bond donors (Lipinski definition) is 2. The van der Waals surface area contributed by atoms with Crippen molar-refractivity contribution in [2.75, 3.05) is 6.54 Å². The van der Waals surface area contributed by atoms with Gasteiger partial charge in [0.15, 0.2) is 5.03 Å². The standard InChI is InChI=1S/C13H22N4O2S/c14-8-11-9-15-16-13(11)20(18,19)17-7-3-5-10-4-1-2-6-12(10)17/h9-10,12H,1-8,14H2,(H,15,16)/t10-,12-/m1/s1. The molecular formula is C13H22N4O2S. The summed E-state index contributed by atoms with van der Waals surface area (Å²) in [6.07, 6.45) is 8.11. The number of nitrogens with zero attached hydrogens (tertiary/aromatic N) is 2. The lowest BCUT2D eigenvalue weighted by Gasteiger charge is -2.42. The van der Waals surface area contributed by atoms with E-state index >= 15 is 0 Å². The number of sulfonamides is 1. The summed E-state index contributed by atoms with van der Waals surface area (Å²) in [5, 5.41) is 6.66. The van der Waals surface area contributed by atoms with Crippen molar-refractivity contribution in [1.29, 1.82) is 0 Å². The van der Waals surface area contributed by atoms with E-state index in [1.54, 1.807) is 4.31 Å². The maximum Gasteiger partial charge on any atom is 0.260 e. The Hall–Kier alpha value is -0.920. The topological polar surface area (TPSA) is 92.1 Å². The van der Waals surface area contributed by atoms with Gasteiger partial charge in [-0.2, -0.15) is 9.40 Å². The van der Waals surface area contributed by atoms with Gasteiger partial charge in [-0.3, -0.25) is 5.10 Å². The van der Waals surface area contributed by atoms with Gasteiger partial charge in [-0.25, -0.2) is 8.42 Å². The summed E-state index contributed by atoms with van der Waals surface area (Å²) in [6.45, 7) is 0.805. The van der Waals surface area contributed by atoms with Gasteiger partial charge in [0.05, 0.1) is 6.20 Å². The Kier molecular flexibility index (Phi) is 3.83. The molecule has 3 N–H and O–H groups in total. The van der Waals surface area contributed by atoms with Crippen LogP contribution in [0.15, 0.2) is 11.2 Å². The normalized spacial score (nSPS) is 28.2. The van der Waals surface area contributed by atoms with Gasteiger partial charge in [-0.1, -0.05) is 12.8 Å². The molecule has 1 aliphatic heterocycles. The van der Waals surface area contributed by atoms with E-state index in [2.05, 4.69) is 10.2 Å². The lowest BCUT2D eigenvalue weighted by Crippen LogP contribution is -2.49. The second-order valence-electron chi connectivity index (χ2n) is 5.80. The second-order valence-corrected chi connectivity index (χ2v) is 7.63. The minimum absolute atomic E-state index is 0.163. The van der Waals surface area contributed by atoms with Gasteiger partial charge in [0.1, 0.15) is 0 Å². The lowest BCUT2D eigenvalue weighted by atomic mass is 9.79. The van der Waals surface area contributed by atoms with E-state index in [0.717, 1.165) is 32.1 Å². The van der Waals surface area contributed by atoms with Crippen LogP contribution in [0.3, 0.4) is 0 Å². The number of rotatable bonds is 3. The van der Waals surface area contributed by atoms with E-state index in [4.69, 9.17) is 5.73 Å². The molecule has 0 bridgehead atoms. The minimum atomic E-state index is -3.50. The molecule has 20 heavy (non-hydrogen) atoms. The van der Waals surface area contributed by atoms with Crippen molar-refractivity contribution in [1.82, 2.24) is 14.5 Å². The number of fused-ring (bicyclic) bond motifs is 1. The van der Waals surface area contributed by atoms with Crippen LogP contribution in [0.25, 0.3) is 0 Å². The van der Waals surface area contributed by atoms with Crippen LogP contribution in [0, 0.1) is 5.92 Å². The first-order valence-corrected chi connectivity index (χ1v) is 8.82. The second kappa shape index (κ2) is 5.46. The first-order valence-electron chi connectivity index (χ1n) is 7.38. The van der Waals surface area contributed by atoms with E-state index in [-0.39, 0.29) is 17.6 Å². The summed E-state index contributed by atoms with van der Waals surface area (Å²) in [4.78, 5) is 0. The fourth-order valence-electron chi connectivity index (χ4n) is 3.66. The van der Waals surface area contributed by atoms with Crippen molar-refractivity contribution in [3.05, 3.63) is 11.8 Å². The number of nitrogens with one attached hydrogen (secondary N) is 1. The van der Waals surface area contributed by atoms with Gasteiger partial charge in [-0.05, 0) is 31.6 Å². The first-order chi connectivity index (χ1) is 9.64. The molecule has 2 atom stereocenters. The average Bonchev–Trinajstić information content (AvgIpc) is 2.96. The predicted molar refractivity (Wildman–Crippen MR) is 75.4 cm³/mol. The third-order valence-electron chi connectivity index (χ3n) is 4.66.